The van der Waals surface area contributed by atoms with Gasteiger partial charge in [-0.05, 0) is 82.9 Å². The fourth-order valence-electron chi connectivity index (χ4n) is 4.92. The van der Waals surface area contributed by atoms with E-state index in [1.165, 1.54) is 25.3 Å². The third kappa shape index (κ3) is 6.26. The van der Waals surface area contributed by atoms with Gasteiger partial charge in [-0.25, -0.2) is 9.78 Å². The summed E-state index contributed by atoms with van der Waals surface area (Å²) in [6.07, 6.45) is 1.42. The Morgan fingerprint density at radius 2 is 1.85 bits per heavy atom. The van der Waals surface area contributed by atoms with Crippen molar-refractivity contribution >= 4 is 55.8 Å². The Bertz CT molecular complexity index is 1880. The summed E-state index contributed by atoms with van der Waals surface area (Å²) < 4.78 is 16.6. The maximum atomic E-state index is 13.7. The molecule has 1 saturated heterocycles. The summed E-state index contributed by atoms with van der Waals surface area (Å²) in [5, 5.41) is 22.1. The fraction of sp³-hybridized carbons (Fsp3) is 0.176. The molecule has 0 saturated carbocycles. The summed E-state index contributed by atoms with van der Waals surface area (Å²) in [6.45, 7) is 7.44. The number of esters is 1. The van der Waals surface area contributed by atoms with E-state index in [0.29, 0.717) is 23.6 Å². The number of aromatic nitrogens is 1. The van der Waals surface area contributed by atoms with E-state index in [-0.39, 0.29) is 43.7 Å². The number of amides is 1. The van der Waals surface area contributed by atoms with Crippen LogP contribution in [0.15, 0.2) is 83.4 Å². The summed E-state index contributed by atoms with van der Waals surface area (Å²) in [7, 11) is 1.36. The largest absolute Gasteiger partial charge is 0.507 e. The number of aromatic hydroxyl groups is 1. The van der Waals surface area contributed by atoms with Gasteiger partial charge in [-0.1, -0.05) is 48.3 Å². The zero-order valence-electron chi connectivity index (χ0n) is 25.1. The molecule has 0 aliphatic carbocycles. The van der Waals surface area contributed by atoms with E-state index in [4.69, 9.17) is 14.2 Å². The quantitative estimate of drug-likeness (QED) is 0.0602. The van der Waals surface area contributed by atoms with E-state index in [0.717, 1.165) is 27.4 Å². The number of Topliss-reactive ketones (excluding diaryl/α,β-unsaturated/α-hetero) is 1. The van der Waals surface area contributed by atoms with Gasteiger partial charge >= 0.3 is 11.9 Å². The minimum atomic E-state index is -1.20. The number of halogens is 1. The van der Waals surface area contributed by atoms with E-state index in [2.05, 4.69) is 27.5 Å². The molecule has 1 atom stereocenters. The number of methoxy groups -OCH3 is 1. The van der Waals surface area contributed by atoms with Crippen LogP contribution < -0.4 is 14.4 Å². The van der Waals surface area contributed by atoms with Gasteiger partial charge in [0.15, 0.2) is 16.6 Å². The molecule has 4 aromatic rings. The SMILES string of the molecule is C=CCOC(=O)c1sc(N2C(=O)C(=O)/C(=C(/O)c3ccc(OCc4ccccc4C)cc3)C2c2cc(Br)c(O)c(OC)c2)nc1C. The number of aliphatic hydroxyl groups excluding tert-OH is 1. The van der Waals surface area contributed by atoms with Crippen molar-refractivity contribution in [3.8, 4) is 17.2 Å². The van der Waals surface area contributed by atoms with Crippen LogP contribution in [-0.4, -0.2) is 46.6 Å². The summed E-state index contributed by atoms with van der Waals surface area (Å²) in [5.41, 5.74) is 2.78. The predicted octanol–water partition coefficient (Wildman–Crippen LogP) is 6.78. The second-order valence-corrected chi connectivity index (χ2v) is 12.1. The second kappa shape index (κ2) is 13.6. The minimum absolute atomic E-state index is 0.0208. The molecule has 0 bridgehead atoms. The first kappa shape index (κ1) is 32.5. The van der Waals surface area contributed by atoms with Gasteiger partial charge in [0, 0.05) is 5.56 Å². The minimum Gasteiger partial charge on any atom is -0.507 e. The Hall–Kier alpha value is -4.94. The number of ketones is 1. The first-order valence-corrected chi connectivity index (χ1v) is 15.6. The van der Waals surface area contributed by atoms with E-state index >= 15 is 0 Å². The molecule has 1 aliphatic rings. The number of nitrogens with zero attached hydrogens (tertiary/aromatic N) is 2. The smallest absolute Gasteiger partial charge is 0.350 e. The molecule has 1 amide bonds. The Balaban J connectivity index is 1.58. The highest BCUT2D eigenvalue weighted by molar-refractivity contribution is 9.10. The lowest BCUT2D eigenvalue weighted by Gasteiger charge is -2.24. The van der Waals surface area contributed by atoms with Crippen molar-refractivity contribution in [3.05, 3.63) is 116 Å². The van der Waals surface area contributed by atoms with Crippen LogP contribution in [0.25, 0.3) is 5.76 Å². The Labute approximate surface area is 277 Å². The van der Waals surface area contributed by atoms with Crippen LogP contribution in [-0.2, 0) is 20.9 Å². The third-order valence-corrected chi connectivity index (χ3v) is 9.06. The number of ether oxygens (including phenoxy) is 3. The lowest BCUT2D eigenvalue weighted by Crippen LogP contribution is -2.29. The zero-order valence-corrected chi connectivity index (χ0v) is 27.5. The van der Waals surface area contributed by atoms with Crippen LogP contribution in [0.5, 0.6) is 17.2 Å². The average Bonchev–Trinajstić information content (AvgIpc) is 3.56. The van der Waals surface area contributed by atoms with Crippen LogP contribution in [0, 0.1) is 13.8 Å². The molecule has 2 N–H and O–H groups in total. The van der Waals surface area contributed by atoms with Gasteiger partial charge in [0.2, 0.25) is 0 Å². The van der Waals surface area contributed by atoms with Gasteiger partial charge in [-0.3, -0.25) is 14.5 Å². The number of rotatable bonds is 10. The number of phenolic OH excluding ortho intramolecular Hbond substituents is 1. The first-order chi connectivity index (χ1) is 22.0. The zero-order chi connectivity index (χ0) is 33.1. The second-order valence-electron chi connectivity index (χ2n) is 10.3. The van der Waals surface area contributed by atoms with Crippen molar-refractivity contribution in [1.82, 2.24) is 4.98 Å². The maximum Gasteiger partial charge on any atom is 0.350 e. The highest BCUT2D eigenvalue weighted by Gasteiger charge is 2.49. The monoisotopic (exact) mass is 704 g/mol. The number of aliphatic hydroxyl groups is 1. The molecule has 0 radical (unpaired) electrons. The Morgan fingerprint density at radius 1 is 1.13 bits per heavy atom. The van der Waals surface area contributed by atoms with Crippen molar-refractivity contribution < 1.29 is 38.8 Å². The molecule has 1 aromatic heterocycles. The lowest BCUT2D eigenvalue weighted by molar-refractivity contribution is -0.132. The molecular formula is C34H29BrN2O8S. The normalized spacial score (nSPS) is 15.6. The molecule has 236 valence electrons. The third-order valence-electron chi connectivity index (χ3n) is 7.32. The lowest BCUT2D eigenvalue weighted by atomic mass is 9.95. The number of hydrogen-bond donors (Lipinski definition) is 2. The number of hydrogen-bond acceptors (Lipinski definition) is 10. The van der Waals surface area contributed by atoms with Crippen molar-refractivity contribution in [3.63, 3.8) is 0 Å². The highest BCUT2D eigenvalue weighted by atomic mass is 79.9. The van der Waals surface area contributed by atoms with Crippen LogP contribution in [0.4, 0.5) is 5.13 Å². The Morgan fingerprint density at radius 3 is 2.52 bits per heavy atom. The number of thiazole rings is 1. The number of aryl methyl sites for hydroxylation is 2. The molecule has 0 spiro atoms. The Kier molecular flexibility index (Phi) is 9.59. The van der Waals surface area contributed by atoms with E-state index in [9.17, 15) is 24.6 Å². The van der Waals surface area contributed by atoms with E-state index in [1.807, 2.05) is 31.2 Å². The maximum absolute atomic E-state index is 13.7. The predicted molar refractivity (Wildman–Crippen MR) is 176 cm³/mol. The van der Waals surface area contributed by atoms with Gasteiger partial charge in [0.1, 0.15) is 29.6 Å². The summed E-state index contributed by atoms with van der Waals surface area (Å²) in [4.78, 5) is 45.7. The van der Waals surface area contributed by atoms with Crippen molar-refractivity contribution in [2.24, 2.45) is 0 Å². The average molecular weight is 706 g/mol. The van der Waals surface area contributed by atoms with Gasteiger partial charge in [-0.15, -0.1) is 0 Å². The molecule has 1 unspecified atom stereocenters. The van der Waals surface area contributed by atoms with Crippen LogP contribution in [0.2, 0.25) is 0 Å². The standard InChI is InChI=1S/C34H29BrN2O8S/c1-5-14-44-33(42)31-19(3)36-34(46-31)37-27(22-15-24(35)29(39)25(16-22)43-4)26(30(40)32(37)41)28(38)20-10-12-23(13-11-20)45-17-21-9-7-6-8-18(21)2/h5-13,15-16,27,38-39H,1,14,17H2,2-4H3/b28-26+. The van der Waals surface area contributed by atoms with Gasteiger partial charge in [-0.2, -0.15) is 0 Å². The van der Waals surface area contributed by atoms with Gasteiger partial charge in [0.05, 0.1) is 28.9 Å². The molecule has 12 heteroatoms. The van der Waals surface area contributed by atoms with Crippen molar-refractivity contribution in [2.45, 2.75) is 26.5 Å². The van der Waals surface area contributed by atoms with Gasteiger partial charge < -0.3 is 24.4 Å². The van der Waals surface area contributed by atoms with Crippen LogP contribution in [0.3, 0.4) is 0 Å². The highest BCUT2D eigenvalue weighted by Crippen LogP contribution is 2.47. The fourth-order valence-corrected chi connectivity index (χ4v) is 6.37. The molecule has 1 aliphatic heterocycles. The summed E-state index contributed by atoms with van der Waals surface area (Å²) in [6, 6.07) is 16.1. The van der Waals surface area contributed by atoms with E-state index < -0.39 is 29.5 Å². The molecular weight excluding hydrogens is 676 g/mol. The molecule has 10 nitrogen and oxygen atoms in total. The van der Waals surface area contributed by atoms with Gasteiger partial charge in [0.25, 0.3) is 5.78 Å². The number of carbonyl (C=O) groups excluding carboxylic acids is 3. The first-order valence-electron chi connectivity index (χ1n) is 14.0. The molecule has 1 fully saturated rings. The van der Waals surface area contributed by atoms with Crippen molar-refractivity contribution in [2.75, 3.05) is 18.6 Å². The molecule has 46 heavy (non-hydrogen) atoms. The van der Waals surface area contributed by atoms with E-state index in [1.54, 1.807) is 31.2 Å². The topological polar surface area (TPSA) is 135 Å². The molecule has 2 heterocycles. The number of phenols is 1. The number of benzene rings is 3. The number of carbonyl (C=O) groups is 3. The van der Waals surface area contributed by atoms with Crippen LogP contribution in [0.1, 0.15) is 43.7 Å². The van der Waals surface area contributed by atoms with Crippen molar-refractivity contribution in [1.29, 1.82) is 0 Å². The molecule has 3 aromatic carbocycles. The summed E-state index contributed by atoms with van der Waals surface area (Å²) in [5.74, 6) is -2.61. The summed E-state index contributed by atoms with van der Waals surface area (Å²) >= 11 is 4.18. The molecule has 5 rings (SSSR count). The van der Waals surface area contributed by atoms with Crippen LogP contribution >= 0.6 is 27.3 Å². The number of anilines is 1.